The summed E-state index contributed by atoms with van der Waals surface area (Å²) in [6, 6.07) is 28.5. The van der Waals surface area contributed by atoms with E-state index in [9.17, 15) is 22.4 Å². The first-order valence-electron chi connectivity index (χ1n) is 15.3. The van der Waals surface area contributed by atoms with Crippen molar-refractivity contribution in [2.75, 3.05) is 18.0 Å². The zero-order chi connectivity index (χ0) is 32.5. The molecule has 1 N–H and O–H groups in total. The lowest BCUT2D eigenvalue weighted by molar-refractivity contribution is -0.140. The molecule has 1 aliphatic carbocycles. The Morgan fingerprint density at radius 3 is 2.15 bits per heavy atom. The van der Waals surface area contributed by atoms with Crippen molar-refractivity contribution in [3.63, 3.8) is 0 Å². The first-order chi connectivity index (χ1) is 22.2. The van der Waals surface area contributed by atoms with Gasteiger partial charge in [-0.1, -0.05) is 73.5 Å². The summed E-state index contributed by atoms with van der Waals surface area (Å²) in [5, 5.41) is 3.16. The number of sulfonamides is 1. The number of para-hydroxylation sites is 1. The maximum absolute atomic E-state index is 14.5. The smallest absolute Gasteiger partial charge is 0.264 e. The van der Waals surface area contributed by atoms with Gasteiger partial charge in [-0.25, -0.2) is 12.8 Å². The highest BCUT2D eigenvalue weighted by molar-refractivity contribution is 7.92. The first kappa shape index (κ1) is 32.7. The van der Waals surface area contributed by atoms with Crippen molar-refractivity contribution in [2.24, 2.45) is 0 Å². The summed E-state index contributed by atoms with van der Waals surface area (Å²) >= 11 is 0. The molecule has 1 fully saturated rings. The lowest BCUT2D eigenvalue weighted by atomic mass is 10.0. The number of nitrogens with zero attached hydrogens (tertiary/aromatic N) is 2. The van der Waals surface area contributed by atoms with Crippen LogP contribution in [0.3, 0.4) is 0 Å². The lowest BCUT2D eigenvalue weighted by Gasteiger charge is -2.34. The largest absolute Gasteiger partial charge is 0.497 e. The maximum atomic E-state index is 14.5. The van der Waals surface area contributed by atoms with Gasteiger partial charge in [-0.3, -0.25) is 13.9 Å². The number of rotatable bonds is 13. The van der Waals surface area contributed by atoms with Crippen LogP contribution in [0.1, 0.15) is 36.8 Å². The highest BCUT2D eigenvalue weighted by Gasteiger charge is 2.35. The monoisotopic (exact) mass is 643 g/mol. The summed E-state index contributed by atoms with van der Waals surface area (Å²) in [7, 11) is -2.76. The predicted molar refractivity (Wildman–Crippen MR) is 175 cm³/mol. The molecular weight excluding hydrogens is 605 g/mol. The van der Waals surface area contributed by atoms with Crippen LogP contribution in [0.5, 0.6) is 5.75 Å². The molecule has 0 unspecified atom stereocenters. The Morgan fingerprint density at radius 1 is 0.870 bits per heavy atom. The molecule has 0 saturated heterocycles. The SMILES string of the molecule is COc1cccc(CN(C(=O)CN(c2ccccc2)S(=O)(=O)c2ccc(F)cc2)[C@H](Cc2ccccc2)C(=O)NC2CCCC2)c1. The molecule has 4 aromatic rings. The summed E-state index contributed by atoms with van der Waals surface area (Å²) in [5.74, 6) is -0.855. The van der Waals surface area contributed by atoms with Crippen LogP contribution in [0.2, 0.25) is 0 Å². The normalized spacial score (nSPS) is 14.0. The van der Waals surface area contributed by atoms with Crippen LogP contribution in [-0.2, 0) is 32.6 Å². The van der Waals surface area contributed by atoms with Crippen molar-refractivity contribution < 1.29 is 27.1 Å². The third kappa shape index (κ3) is 8.11. The molecule has 1 saturated carbocycles. The Balaban J connectivity index is 1.56. The number of amides is 2. The van der Waals surface area contributed by atoms with Gasteiger partial charge in [-0.15, -0.1) is 0 Å². The predicted octanol–water partition coefficient (Wildman–Crippen LogP) is 5.73. The van der Waals surface area contributed by atoms with Gasteiger partial charge in [0.25, 0.3) is 10.0 Å². The van der Waals surface area contributed by atoms with Gasteiger partial charge in [0.05, 0.1) is 17.7 Å². The Kier molecular flexibility index (Phi) is 10.7. The third-order valence-electron chi connectivity index (χ3n) is 8.18. The van der Waals surface area contributed by atoms with Gasteiger partial charge < -0.3 is 15.0 Å². The van der Waals surface area contributed by atoms with Gasteiger partial charge in [0, 0.05) is 19.0 Å². The number of ether oxygens (including phenoxy) is 1. The molecule has 0 aliphatic heterocycles. The number of methoxy groups -OCH3 is 1. The molecule has 2 amide bonds. The van der Waals surface area contributed by atoms with Crippen LogP contribution < -0.4 is 14.4 Å². The van der Waals surface area contributed by atoms with Crippen molar-refractivity contribution in [3.8, 4) is 5.75 Å². The molecule has 4 aromatic carbocycles. The molecule has 10 heteroatoms. The molecule has 0 bridgehead atoms. The van der Waals surface area contributed by atoms with Gasteiger partial charge in [0.15, 0.2) is 0 Å². The van der Waals surface area contributed by atoms with Crippen molar-refractivity contribution in [1.82, 2.24) is 10.2 Å². The van der Waals surface area contributed by atoms with Gasteiger partial charge in [0.1, 0.15) is 24.2 Å². The minimum atomic E-state index is -4.31. The van der Waals surface area contributed by atoms with Crippen molar-refractivity contribution in [3.05, 3.63) is 126 Å². The molecule has 1 aliphatic rings. The number of hydrogen-bond donors (Lipinski definition) is 1. The standard InChI is InChI=1S/C36H38FN3O5S/c1-45-32-18-10-13-28(23-32)25-39(34(24-27-11-4-2-5-12-27)36(42)38-30-14-8-9-15-30)35(41)26-40(31-16-6-3-7-17-31)46(43,44)33-21-19-29(37)20-22-33/h2-7,10-13,16-23,30,34H,8-9,14-15,24-26H2,1H3,(H,38,42)/t34-/m1/s1. The minimum absolute atomic E-state index is 0.0132. The summed E-state index contributed by atoms with van der Waals surface area (Å²) in [5.41, 5.74) is 1.83. The Morgan fingerprint density at radius 2 is 1.50 bits per heavy atom. The van der Waals surface area contributed by atoms with E-state index in [2.05, 4.69) is 5.32 Å². The number of carbonyl (C=O) groups excluding carboxylic acids is 2. The van der Waals surface area contributed by atoms with E-state index in [0.29, 0.717) is 11.3 Å². The van der Waals surface area contributed by atoms with E-state index in [0.717, 1.165) is 47.7 Å². The molecule has 5 rings (SSSR count). The second-order valence-corrected chi connectivity index (χ2v) is 13.2. The second kappa shape index (κ2) is 15.1. The number of anilines is 1. The van der Waals surface area contributed by atoms with E-state index in [4.69, 9.17) is 4.74 Å². The fourth-order valence-electron chi connectivity index (χ4n) is 5.75. The fourth-order valence-corrected chi connectivity index (χ4v) is 7.16. The zero-order valence-electron chi connectivity index (χ0n) is 25.7. The zero-order valence-corrected chi connectivity index (χ0v) is 26.5. The number of benzene rings is 4. The highest BCUT2D eigenvalue weighted by Crippen LogP contribution is 2.26. The summed E-state index contributed by atoms with van der Waals surface area (Å²) in [4.78, 5) is 29.9. The average Bonchev–Trinajstić information content (AvgIpc) is 3.59. The van der Waals surface area contributed by atoms with E-state index in [1.54, 1.807) is 55.6 Å². The van der Waals surface area contributed by atoms with Gasteiger partial charge in [-0.05, 0) is 72.5 Å². The molecule has 0 aromatic heterocycles. The van der Waals surface area contributed by atoms with Crippen molar-refractivity contribution in [2.45, 2.75) is 55.6 Å². The lowest BCUT2D eigenvalue weighted by Crippen LogP contribution is -2.54. The molecule has 0 heterocycles. The van der Waals surface area contributed by atoms with Crippen LogP contribution >= 0.6 is 0 Å². The number of carbonyl (C=O) groups is 2. The summed E-state index contributed by atoms with van der Waals surface area (Å²) < 4.78 is 48.2. The molecule has 1 atom stereocenters. The number of nitrogens with one attached hydrogen (secondary N) is 1. The molecular formula is C36H38FN3O5S. The number of halogens is 1. The van der Waals surface area contributed by atoms with Gasteiger partial charge >= 0.3 is 0 Å². The van der Waals surface area contributed by atoms with E-state index in [-0.39, 0.29) is 35.5 Å². The Labute approximate surface area is 269 Å². The van der Waals surface area contributed by atoms with E-state index in [1.165, 1.54) is 17.0 Å². The summed E-state index contributed by atoms with van der Waals surface area (Å²) in [6.45, 7) is -0.555. The van der Waals surface area contributed by atoms with E-state index >= 15 is 0 Å². The van der Waals surface area contributed by atoms with E-state index < -0.39 is 34.3 Å². The van der Waals surface area contributed by atoms with Crippen molar-refractivity contribution >= 4 is 27.5 Å². The van der Waals surface area contributed by atoms with E-state index in [1.807, 2.05) is 36.4 Å². The van der Waals surface area contributed by atoms with Crippen LogP contribution in [0.25, 0.3) is 0 Å². The molecule has 240 valence electrons. The molecule has 8 nitrogen and oxygen atoms in total. The molecule has 46 heavy (non-hydrogen) atoms. The topological polar surface area (TPSA) is 96.0 Å². The van der Waals surface area contributed by atoms with Gasteiger partial charge in [-0.2, -0.15) is 0 Å². The summed E-state index contributed by atoms with van der Waals surface area (Å²) in [6.07, 6.45) is 4.00. The average molecular weight is 644 g/mol. The minimum Gasteiger partial charge on any atom is -0.497 e. The Hall–Kier alpha value is -4.70. The highest BCUT2D eigenvalue weighted by atomic mass is 32.2. The van der Waals surface area contributed by atoms with Gasteiger partial charge in [0.2, 0.25) is 11.8 Å². The van der Waals surface area contributed by atoms with Crippen LogP contribution in [0, 0.1) is 5.82 Å². The quantitative estimate of drug-likeness (QED) is 0.201. The van der Waals surface area contributed by atoms with Crippen LogP contribution in [0.4, 0.5) is 10.1 Å². The molecule has 0 spiro atoms. The first-order valence-corrected chi connectivity index (χ1v) is 16.8. The van der Waals surface area contributed by atoms with Crippen LogP contribution in [0.15, 0.2) is 114 Å². The Bertz CT molecular complexity index is 1710. The maximum Gasteiger partial charge on any atom is 0.264 e. The fraction of sp³-hybridized carbons (Fsp3) is 0.278. The number of hydrogen-bond acceptors (Lipinski definition) is 5. The van der Waals surface area contributed by atoms with Crippen molar-refractivity contribution in [1.29, 1.82) is 0 Å². The van der Waals surface area contributed by atoms with Crippen LogP contribution in [-0.4, -0.2) is 50.9 Å². The second-order valence-electron chi connectivity index (χ2n) is 11.4. The molecule has 0 radical (unpaired) electrons. The third-order valence-corrected chi connectivity index (χ3v) is 9.97.